The Morgan fingerprint density at radius 3 is 2.53 bits per heavy atom. The van der Waals surface area contributed by atoms with E-state index in [1.165, 1.54) is 16.9 Å². The number of hydrogen-bond donors (Lipinski definition) is 0. The van der Waals surface area contributed by atoms with Crippen LogP contribution >= 0.6 is 11.3 Å². The molecule has 0 spiro atoms. The molecule has 1 aliphatic rings. The van der Waals surface area contributed by atoms with Crippen molar-refractivity contribution >= 4 is 22.9 Å². The molecule has 0 bridgehead atoms. The van der Waals surface area contributed by atoms with Crippen molar-refractivity contribution in [1.82, 2.24) is 24.2 Å². The fraction of sp³-hybridized carbons (Fsp3) is 0.320. The molecule has 1 fully saturated rings. The molecule has 3 aromatic heterocycles. The number of rotatable bonds is 5. The van der Waals surface area contributed by atoms with Gasteiger partial charge in [0.1, 0.15) is 15.5 Å². The Balaban J connectivity index is 1.22. The molecule has 6 nitrogen and oxygen atoms in total. The third-order valence-electron chi connectivity index (χ3n) is 6.06. The molecule has 0 saturated carbocycles. The summed E-state index contributed by atoms with van der Waals surface area (Å²) in [6.07, 6.45) is 5.12. The van der Waals surface area contributed by atoms with Gasteiger partial charge < -0.3 is 9.30 Å². The number of imidazole rings is 1. The molecule has 164 valence electrons. The minimum atomic E-state index is 0.101. The van der Waals surface area contributed by atoms with Gasteiger partial charge in [0, 0.05) is 50.7 Å². The first kappa shape index (κ1) is 20.8. The van der Waals surface area contributed by atoms with Gasteiger partial charge in [0.25, 0.3) is 5.91 Å². The second-order valence-corrected chi connectivity index (χ2v) is 9.25. The molecule has 4 heterocycles. The van der Waals surface area contributed by atoms with Gasteiger partial charge in [-0.3, -0.25) is 9.69 Å². The Kier molecular flexibility index (Phi) is 5.76. The van der Waals surface area contributed by atoms with E-state index in [0.717, 1.165) is 71.6 Å². The van der Waals surface area contributed by atoms with E-state index in [1.807, 2.05) is 36.2 Å². The van der Waals surface area contributed by atoms with Crippen molar-refractivity contribution in [1.29, 1.82) is 0 Å². The molecule has 7 heteroatoms. The predicted octanol–water partition coefficient (Wildman–Crippen LogP) is 4.29. The summed E-state index contributed by atoms with van der Waals surface area (Å²) < 4.78 is 2.05. The Morgan fingerprint density at radius 1 is 1.03 bits per heavy atom. The van der Waals surface area contributed by atoms with Crippen molar-refractivity contribution < 1.29 is 4.79 Å². The predicted molar refractivity (Wildman–Crippen MR) is 128 cm³/mol. The van der Waals surface area contributed by atoms with Crippen LogP contribution < -0.4 is 0 Å². The van der Waals surface area contributed by atoms with Gasteiger partial charge in [0.15, 0.2) is 0 Å². The quantitative estimate of drug-likeness (QED) is 0.460. The molecule has 1 saturated heterocycles. The standard InChI is InChI=1S/C25H27N5OS/c1-3-19-7-9-20(10-8-19)24-26-18(2)23(32-24)25(31)29-14-12-28(13-15-29)16-21-17-30-11-5-4-6-22(30)27-21/h4-11,17H,3,12-16H2,1-2H3. The monoisotopic (exact) mass is 445 g/mol. The Morgan fingerprint density at radius 2 is 1.81 bits per heavy atom. The number of fused-ring (bicyclic) bond motifs is 1. The van der Waals surface area contributed by atoms with Crippen LogP contribution in [0.2, 0.25) is 0 Å². The number of aryl methyl sites for hydroxylation is 2. The summed E-state index contributed by atoms with van der Waals surface area (Å²) in [5, 5.41) is 0.916. The molecule has 0 aliphatic carbocycles. The van der Waals surface area contributed by atoms with Gasteiger partial charge in [-0.15, -0.1) is 11.3 Å². The highest BCUT2D eigenvalue weighted by molar-refractivity contribution is 7.17. The van der Waals surface area contributed by atoms with Crippen LogP contribution in [0.5, 0.6) is 0 Å². The number of thiazole rings is 1. The van der Waals surface area contributed by atoms with Crippen LogP contribution in [0.15, 0.2) is 54.9 Å². The Bertz CT molecular complexity index is 1200. The fourth-order valence-corrected chi connectivity index (χ4v) is 5.19. The molecule has 0 unspecified atom stereocenters. The zero-order valence-electron chi connectivity index (χ0n) is 18.5. The molecule has 0 radical (unpaired) electrons. The van der Waals surface area contributed by atoms with Crippen molar-refractivity contribution in [3.63, 3.8) is 0 Å². The second-order valence-electron chi connectivity index (χ2n) is 8.25. The van der Waals surface area contributed by atoms with Crippen LogP contribution in [0.3, 0.4) is 0 Å². The van der Waals surface area contributed by atoms with Crippen LogP contribution in [-0.2, 0) is 13.0 Å². The van der Waals surface area contributed by atoms with E-state index >= 15 is 0 Å². The fourth-order valence-electron chi connectivity index (χ4n) is 4.15. The smallest absolute Gasteiger partial charge is 0.265 e. The van der Waals surface area contributed by atoms with Gasteiger partial charge in [-0.05, 0) is 31.0 Å². The van der Waals surface area contributed by atoms with E-state index in [1.54, 1.807) is 0 Å². The topological polar surface area (TPSA) is 53.7 Å². The molecular weight excluding hydrogens is 418 g/mol. The molecular formula is C25H27N5OS. The van der Waals surface area contributed by atoms with Crippen LogP contribution in [0.4, 0.5) is 0 Å². The van der Waals surface area contributed by atoms with E-state index in [2.05, 4.69) is 46.7 Å². The third-order valence-corrected chi connectivity index (χ3v) is 7.25. The zero-order valence-corrected chi connectivity index (χ0v) is 19.3. The number of piperazine rings is 1. The molecule has 5 rings (SSSR count). The SMILES string of the molecule is CCc1ccc(-c2nc(C)c(C(=O)N3CCN(Cc4cn5ccccc5n4)CC3)s2)cc1. The van der Waals surface area contributed by atoms with E-state index in [9.17, 15) is 4.79 Å². The normalized spacial score (nSPS) is 14.9. The molecule has 1 aliphatic heterocycles. The molecule has 0 N–H and O–H groups in total. The average molecular weight is 446 g/mol. The zero-order chi connectivity index (χ0) is 22.1. The largest absolute Gasteiger partial charge is 0.335 e. The van der Waals surface area contributed by atoms with Gasteiger partial charge in [-0.1, -0.05) is 37.3 Å². The first-order valence-electron chi connectivity index (χ1n) is 11.1. The lowest BCUT2D eigenvalue weighted by atomic mass is 10.1. The number of carbonyl (C=O) groups is 1. The van der Waals surface area contributed by atoms with Crippen molar-refractivity contribution in [3.8, 4) is 10.6 Å². The number of benzene rings is 1. The van der Waals surface area contributed by atoms with Gasteiger partial charge in [0.2, 0.25) is 0 Å². The summed E-state index contributed by atoms with van der Waals surface area (Å²) >= 11 is 1.50. The van der Waals surface area contributed by atoms with E-state index in [4.69, 9.17) is 9.97 Å². The van der Waals surface area contributed by atoms with E-state index in [0.29, 0.717) is 0 Å². The van der Waals surface area contributed by atoms with Crippen molar-refractivity contribution in [3.05, 3.63) is 76.7 Å². The molecule has 1 aromatic carbocycles. The number of aromatic nitrogens is 3. The van der Waals surface area contributed by atoms with Crippen LogP contribution in [0, 0.1) is 6.92 Å². The lowest BCUT2D eigenvalue weighted by Gasteiger charge is -2.34. The van der Waals surface area contributed by atoms with Crippen LogP contribution in [0.25, 0.3) is 16.2 Å². The van der Waals surface area contributed by atoms with Crippen molar-refractivity contribution in [2.75, 3.05) is 26.2 Å². The van der Waals surface area contributed by atoms with Crippen molar-refractivity contribution in [2.24, 2.45) is 0 Å². The first-order valence-corrected chi connectivity index (χ1v) is 11.9. The summed E-state index contributed by atoms with van der Waals surface area (Å²) in [5.74, 6) is 0.101. The van der Waals surface area contributed by atoms with E-state index in [-0.39, 0.29) is 5.91 Å². The van der Waals surface area contributed by atoms with Gasteiger partial charge in [-0.2, -0.15) is 0 Å². The minimum Gasteiger partial charge on any atom is -0.335 e. The van der Waals surface area contributed by atoms with Crippen LogP contribution in [-0.4, -0.2) is 56.3 Å². The highest BCUT2D eigenvalue weighted by Gasteiger charge is 2.26. The van der Waals surface area contributed by atoms with Crippen molar-refractivity contribution in [2.45, 2.75) is 26.8 Å². The van der Waals surface area contributed by atoms with Crippen LogP contribution in [0.1, 0.15) is 33.5 Å². The molecule has 32 heavy (non-hydrogen) atoms. The summed E-state index contributed by atoms with van der Waals surface area (Å²) in [5.41, 5.74) is 5.23. The number of carbonyl (C=O) groups excluding carboxylic acids is 1. The lowest BCUT2D eigenvalue weighted by Crippen LogP contribution is -2.48. The maximum Gasteiger partial charge on any atom is 0.265 e. The maximum absolute atomic E-state index is 13.2. The third kappa shape index (κ3) is 4.18. The number of hydrogen-bond acceptors (Lipinski definition) is 5. The first-order chi connectivity index (χ1) is 15.6. The maximum atomic E-state index is 13.2. The van der Waals surface area contributed by atoms with Gasteiger partial charge >= 0.3 is 0 Å². The van der Waals surface area contributed by atoms with E-state index < -0.39 is 0 Å². The second kappa shape index (κ2) is 8.84. The average Bonchev–Trinajstić information content (AvgIpc) is 3.42. The number of amides is 1. The lowest BCUT2D eigenvalue weighted by molar-refractivity contribution is 0.0631. The minimum absolute atomic E-state index is 0.101. The molecule has 0 atom stereocenters. The number of pyridine rings is 1. The molecule has 4 aromatic rings. The summed E-state index contributed by atoms with van der Waals surface area (Å²) in [4.78, 5) is 27.7. The number of nitrogens with zero attached hydrogens (tertiary/aromatic N) is 5. The highest BCUT2D eigenvalue weighted by Crippen LogP contribution is 2.29. The summed E-state index contributed by atoms with van der Waals surface area (Å²) in [7, 11) is 0. The van der Waals surface area contributed by atoms with Gasteiger partial charge in [0.05, 0.1) is 11.4 Å². The highest BCUT2D eigenvalue weighted by atomic mass is 32.1. The Hall–Kier alpha value is -3.03. The Labute approximate surface area is 192 Å². The summed E-state index contributed by atoms with van der Waals surface area (Å²) in [6.45, 7) is 8.05. The molecule has 1 amide bonds. The summed E-state index contributed by atoms with van der Waals surface area (Å²) in [6, 6.07) is 14.5. The van der Waals surface area contributed by atoms with Gasteiger partial charge in [-0.25, -0.2) is 9.97 Å².